The minimum absolute atomic E-state index is 0.327. The van der Waals surface area contributed by atoms with E-state index in [-0.39, 0.29) is 6.03 Å². The highest BCUT2D eigenvalue weighted by Gasteiger charge is 2.09. The Hall–Kier alpha value is -3.35. The molecule has 0 spiro atoms. The number of pyridine rings is 1. The molecule has 2 aromatic heterocycles. The normalized spacial score (nSPS) is 10.3. The van der Waals surface area contributed by atoms with E-state index in [4.69, 9.17) is 4.74 Å². The molecule has 0 unspecified atom stereocenters. The average molecular weight is 337 g/mol. The first-order valence-corrected chi connectivity index (χ1v) is 7.80. The largest absolute Gasteiger partial charge is 0.497 e. The summed E-state index contributed by atoms with van der Waals surface area (Å²) in [6.45, 7) is 2.36. The maximum absolute atomic E-state index is 12.0. The number of aryl methyl sites for hydroxylation is 1. The van der Waals surface area contributed by atoms with Gasteiger partial charge in [0, 0.05) is 30.6 Å². The van der Waals surface area contributed by atoms with Gasteiger partial charge < -0.3 is 10.1 Å². The molecule has 3 N–H and O–H groups in total. The van der Waals surface area contributed by atoms with Crippen molar-refractivity contribution in [3.8, 4) is 17.0 Å². The van der Waals surface area contributed by atoms with Crippen molar-refractivity contribution >= 4 is 11.8 Å². The second kappa shape index (κ2) is 7.48. The lowest BCUT2D eigenvalue weighted by molar-refractivity contribution is 0.251. The molecule has 0 aliphatic rings. The number of aromatic amines is 1. The van der Waals surface area contributed by atoms with Crippen LogP contribution >= 0.6 is 0 Å². The SMILES string of the molecule is COc1cccc(CNC(=O)Nc2cc(-c3ccncc3C)[nH]n2)c1. The molecule has 0 saturated heterocycles. The number of carbonyl (C=O) groups is 1. The highest BCUT2D eigenvalue weighted by Crippen LogP contribution is 2.22. The van der Waals surface area contributed by atoms with Gasteiger partial charge in [0.1, 0.15) is 5.75 Å². The first-order chi connectivity index (χ1) is 12.2. The Bertz CT molecular complexity index is 875. The van der Waals surface area contributed by atoms with Crippen molar-refractivity contribution < 1.29 is 9.53 Å². The fraction of sp³-hybridized carbons (Fsp3) is 0.167. The van der Waals surface area contributed by atoms with Crippen LogP contribution in [0.3, 0.4) is 0 Å². The summed E-state index contributed by atoms with van der Waals surface area (Å²) in [4.78, 5) is 16.1. The van der Waals surface area contributed by atoms with Crippen LogP contribution in [0.25, 0.3) is 11.3 Å². The number of H-pyrrole nitrogens is 1. The van der Waals surface area contributed by atoms with E-state index in [1.54, 1.807) is 25.6 Å². The van der Waals surface area contributed by atoms with Crippen LogP contribution in [0.5, 0.6) is 5.75 Å². The van der Waals surface area contributed by atoms with Gasteiger partial charge in [-0.05, 0) is 36.2 Å². The van der Waals surface area contributed by atoms with Gasteiger partial charge in [-0.3, -0.25) is 15.4 Å². The average Bonchev–Trinajstić information content (AvgIpc) is 3.08. The van der Waals surface area contributed by atoms with Crippen molar-refractivity contribution in [2.75, 3.05) is 12.4 Å². The lowest BCUT2D eigenvalue weighted by atomic mass is 10.1. The molecule has 0 fully saturated rings. The first-order valence-electron chi connectivity index (χ1n) is 7.80. The van der Waals surface area contributed by atoms with E-state index in [2.05, 4.69) is 25.8 Å². The first kappa shape index (κ1) is 16.5. The molecule has 128 valence electrons. The molecule has 7 nitrogen and oxygen atoms in total. The number of carbonyl (C=O) groups excluding carboxylic acids is 1. The Kier molecular flexibility index (Phi) is 4.94. The summed E-state index contributed by atoms with van der Waals surface area (Å²) < 4.78 is 5.16. The van der Waals surface area contributed by atoms with Gasteiger partial charge in [-0.25, -0.2) is 4.79 Å². The standard InChI is InChI=1S/C18H19N5O2/c1-12-10-19-7-6-15(12)16-9-17(23-22-16)21-18(24)20-11-13-4-3-5-14(8-13)25-2/h3-10H,11H2,1-2H3,(H3,20,21,22,23,24). The van der Waals surface area contributed by atoms with Crippen LogP contribution < -0.4 is 15.4 Å². The van der Waals surface area contributed by atoms with E-state index in [1.165, 1.54) is 0 Å². The predicted octanol–water partition coefficient (Wildman–Crippen LogP) is 3.11. The molecular weight excluding hydrogens is 318 g/mol. The van der Waals surface area contributed by atoms with Crippen LogP contribution in [0, 0.1) is 6.92 Å². The number of ether oxygens (including phenoxy) is 1. The fourth-order valence-corrected chi connectivity index (χ4v) is 2.42. The zero-order valence-corrected chi connectivity index (χ0v) is 14.0. The van der Waals surface area contributed by atoms with Gasteiger partial charge in [0.25, 0.3) is 0 Å². The summed E-state index contributed by atoms with van der Waals surface area (Å²) in [5.41, 5.74) is 3.79. The van der Waals surface area contributed by atoms with Crippen molar-refractivity contribution in [3.63, 3.8) is 0 Å². The van der Waals surface area contributed by atoms with E-state index < -0.39 is 0 Å². The quantitative estimate of drug-likeness (QED) is 0.667. The summed E-state index contributed by atoms with van der Waals surface area (Å²) in [5.74, 6) is 1.21. The lowest BCUT2D eigenvalue weighted by Gasteiger charge is -2.07. The molecule has 25 heavy (non-hydrogen) atoms. The van der Waals surface area contributed by atoms with E-state index in [1.807, 2.05) is 37.3 Å². The summed E-state index contributed by atoms with van der Waals surface area (Å²) in [7, 11) is 1.61. The van der Waals surface area contributed by atoms with Crippen molar-refractivity contribution in [1.82, 2.24) is 20.5 Å². The molecule has 7 heteroatoms. The monoisotopic (exact) mass is 337 g/mol. The summed E-state index contributed by atoms with van der Waals surface area (Å²) in [6, 6.07) is 10.9. The summed E-state index contributed by atoms with van der Waals surface area (Å²) in [6.07, 6.45) is 3.50. The van der Waals surface area contributed by atoms with Gasteiger partial charge in [0.05, 0.1) is 12.8 Å². The van der Waals surface area contributed by atoms with Gasteiger partial charge in [-0.15, -0.1) is 0 Å². The van der Waals surface area contributed by atoms with Gasteiger partial charge >= 0.3 is 6.03 Å². The lowest BCUT2D eigenvalue weighted by Crippen LogP contribution is -2.28. The van der Waals surface area contributed by atoms with Crippen LogP contribution in [0.2, 0.25) is 0 Å². The van der Waals surface area contributed by atoms with Crippen molar-refractivity contribution in [3.05, 3.63) is 59.9 Å². The maximum Gasteiger partial charge on any atom is 0.320 e. The Morgan fingerprint density at radius 3 is 2.96 bits per heavy atom. The maximum atomic E-state index is 12.0. The van der Waals surface area contributed by atoms with Crippen molar-refractivity contribution in [2.24, 2.45) is 0 Å². The van der Waals surface area contributed by atoms with Crippen molar-refractivity contribution in [2.45, 2.75) is 13.5 Å². The second-order valence-electron chi connectivity index (χ2n) is 5.52. The molecule has 0 atom stereocenters. The Morgan fingerprint density at radius 1 is 1.28 bits per heavy atom. The number of hydrogen-bond donors (Lipinski definition) is 3. The van der Waals surface area contributed by atoms with Crippen molar-refractivity contribution in [1.29, 1.82) is 0 Å². The molecule has 2 amide bonds. The number of anilines is 1. The number of methoxy groups -OCH3 is 1. The number of hydrogen-bond acceptors (Lipinski definition) is 4. The molecule has 1 aromatic carbocycles. The summed E-state index contributed by atoms with van der Waals surface area (Å²) >= 11 is 0. The summed E-state index contributed by atoms with van der Waals surface area (Å²) in [5, 5.41) is 12.5. The van der Waals surface area contributed by atoms with Crippen LogP contribution in [-0.2, 0) is 6.54 Å². The number of rotatable bonds is 5. The molecule has 3 rings (SSSR count). The molecular formula is C18H19N5O2. The Labute approximate surface area is 145 Å². The molecule has 0 aliphatic carbocycles. The topological polar surface area (TPSA) is 91.9 Å². The van der Waals surface area contributed by atoms with E-state index in [9.17, 15) is 4.79 Å². The van der Waals surface area contributed by atoms with E-state index in [0.29, 0.717) is 12.4 Å². The van der Waals surface area contributed by atoms with Crippen LogP contribution in [0.15, 0.2) is 48.8 Å². The number of amides is 2. The number of nitrogens with zero attached hydrogens (tertiary/aromatic N) is 2. The minimum Gasteiger partial charge on any atom is -0.497 e. The molecule has 0 bridgehead atoms. The van der Waals surface area contributed by atoms with Gasteiger partial charge in [0.2, 0.25) is 0 Å². The fourth-order valence-electron chi connectivity index (χ4n) is 2.42. The third-order valence-corrected chi connectivity index (χ3v) is 3.72. The molecule has 0 aliphatic heterocycles. The zero-order chi connectivity index (χ0) is 17.6. The molecule has 0 saturated carbocycles. The smallest absolute Gasteiger partial charge is 0.320 e. The Morgan fingerprint density at radius 2 is 2.16 bits per heavy atom. The molecule has 2 heterocycles. The highest BCUT2D eigenvalue weighted by atomic mass is 16.5. The number of benzene rings is 1. The van der Waals surface area contributed by atoms with E-state index in [0.717, 1.165) is 28.1 Å². The third-order valence-electron chi connectivity index (χ3n) is 3.72. The minimum atomic E-state index is -0.327. The van der Waals surface area contributed by atoms with Gasteiger partial charge in [-0.1, -0.05) is 12.1 Å². The number of urea groups is 1. The molecule has 3 aromatic rings. The van der Waals surface area contributed by atoms with Crippen LogP contribution in [-0.4, -0.2) is 28.3 Å². The Balaban J connectivity index is 1.59. The van der Waals surface area contributed by atoms with Crippen LogP contribution in [0.4, 0.5) is 10.6 Å². The van der Waals surface area contributed by atoms with Crippen LogP contribution in [0.1, 0.15) is 11.1 Å². The highest BCUT2D eigenvalue weighted by molar-refractivity contribution is 5.88. The number of nitrogens with one attached hydrogen (secondary N) is 3. The van der Waals surface area contributed by atoms with Gasteiger partial charge in [0.15, 0.2) is 5.82 Å². The number of aromatic nitrogens is 3. The second-order valence-corrected chi connectivity index (χ2v) is 5.52. The van der Waals surface area contributed by atoms with E-state index >= 15 is 0 Å². The zero-order valence-electron chi connectivity index (χ0n) is 14.0. The molecule has 0 radical (unpaired) electrons. The predicted molar refractivity (Wildman–Crippen MR) is 95.4 cm³/mol. The van der Waals surface area contributed by atoms with Gasteiger partial charge in [-0.2, -0.15) is 5.10 Å². The third kappa shape index (κ3) is 4.14.